The molecule has 1 aliphatic rings. The minimum atomic E-state index is -0.740. The number of aliphatic hydroxyl groups is 1. The molecule has 1 atom stereocenters. The van der Waals surface area contributed by atoms with Crippen molar-refractivity contribution in [3.8, 4) is 5.75 Å². The summed E-state index contributed by atoms with van der Waals surface area (Å²) in [7, 11) is 0. The average Bonchev–Trinajstić information content (AvgIpc) is 2.96. The standard InChI is InChI=1S/C14H12BrClO2S/c1-7-6-19-14(11(7)16)12(17)10-5-9(15)4-8-2-3-18-13(8)10/h4-6,12,17H,2-3H2,1H3. The van der Waals surface area contributed by atoms with Gasteiger partial charge in [-0.25, -0.2) is 0 Å². The summed E-state index contributed by atoms with van der Waals surface area (Å²) in [6.07, 6.45) is 0.140. The molecule has 1 aromatic carbocycles. The van der Waals surface area contributed by atoms with Gasteiger partial charge in [-0.1, -0.05) is 27.5 Å². The summed E-state index contributed by atoms with van der Waals surface area (Å²) in [6.45, 7) is 2.61. The molecule has 1 aromatic heterocycles. The Morgan fingerprint density at radius 2 is 2.26 bits per heavy atom. The number of aryl methyl sites for hydroxylation is 1. The van der Waals surface area contributed by atoms with E-state index in [1.165, 1.54) is 11.3 Å². The van der Waals surface area contributed by atoms with Gasteiger partial charge in [-0.15, -0.1) is 11.3 Å². The zero-order chi connectivity index (χ0) is 13.6. The Kier molecular flexibility index (Phi) is 3.60. The Morgan fingerprint density at radius 3 is 2.95 bits per heavy atom. The van der Waals surface area contributed by atoms with Crippen LogP contribution in [0.15, 0.2) is 22.0 Å². The molecule has 0 spiro atoms. The zero-order valence-electron chi connectivity index (χ0n) is 10.2. The Balaban J connectivity index is 2.10. The Bertz CT molecular complexity index is 639. The van der Waals surface area contributed by atoms with E-state index in [-0.39, 0.29) is 0 Å². The molecule has 1 N–H and O–H groups in total. The highest BCUT2D eigenvalue weighted by molar-refractivity contribution is 9.10. The maximum absolute atomic E-state index is 10.6. The van der Waals surface area contributed by atoms with Gasteiger partial charge in [0, 0.05) is 16.5 Å². The monoisotopic (exact) mass is 358 g/mol. The zero-order valence-corrected chi connectivity index (χ0v) is 13.4. The molecule has 3 rings (SSSR count). The van der Waals surface area contributed by atoms with Gasteiger partial charge in [-0.3, -0.25) is 0 Å². The molecular weight excluding hydrogens is 348 g/mol. The third-order valence-electron chi connectivity index (χ3n) is 3.25. The molecule has 0 bridgehead atoms. The Morgan fingerprint density at radius 1 is 1.47 bits per heavy atom. The molecule has 0 aliphatic carbocycles. The lowest BCUT2D eigenvalue weighted by Gasteiger charge is -2.14. The molecule has 5 heteroatoms. The van der Waals surface area contributed by atoms with E-state index in [0.29, 0.717) is 11.6 Å². The highest BCUT2D eigenvalue weighted by atomic mass is 79.9. The van der Waals surface area contributed by atoms with Gasteiger partial charge >= 0.3 is 0 Å². The number of benzene rings is 1. The maximum atomic E-state index is 10.6. The molecule has 1 aliphatic heterocycles. The summed E-state index contributed by atoms with van der Waals surface area (Å²) in [5.41, 5.74) is 2.91. The predicted octanol–water partition coefficient (Wildman–Crippen LogP) is 4.49. The topological polar surface area (TPSA) is 29.5 Å². The van der Waals surface area contributed by atoms with Crippen LogP contribution in [-0.2, 0) is 6.42 Å². The van der Waals surface area contributed by atoms with Crippen LogP contribution in [0.3, 0.4) is 0 Å². The quantitative estimate of drug-likeness (QED) is 0.856. The largest absolute Gasteiger partial charge is 0.493 e. The smallest absolute Gasteiger partial charge is 0.128 e. The van der Waals surface area contributed by atoms with Crippen molar-refractivity contribution < 1.29 is 9.84 Å². The van der Waals surface area contributed by atoms with Gasteiger partial charge < -0.3 is 9.84 Å². The van der Waals surface area contributed by atoms with Crippen LogP contribution in [0.1, 0.15) is 27.7 Å². The van der Waals surface area contributed by atoms with E-state index in [9.17, 15) is 5.11 Å². The van der Waals surface area contributed by atoms with Crippen LogP contribution in [-0.4, -0.2) is 11.7 Å². The van der Waals surface area contributed by atoms with E-state index in [1.54, 1.807) is 0 Å². The number of hydrogen-bond acceptors (Lipinski definition) is 3. The molecule has 0 fully saturated rings. The van der Waals surface area contributed by atoms with Crippen molar-refractivity contribution in [2.45, 2.75) is 19.4 Å². The van der Waals surface area contributed by atoms with Gasteiger partial charge in [-0.05, 0) is 35.6 Å². The van der Waals surface area contributed by atoms with Crippen molar-refractivity contribution in [1.29, 1.82) is 0 Å². The predicted molar refractivity (Wildman–Crippen MR) is 81.5 cm³/mol. The third kappa shape index (κ3) is 2.31. The molecule has 19 heavy (non-hydrogen) atoms. The van der Waals surface area contributed by atoms with Gasteiger partial charge in [0.2, 0.25) is 0 Å². The maximum Gasteiger partial charge on any atom is 0.128 e. The van der Waals surface area contributed by atoms with E-state index in [1.807, 2.05) is 24.4 Å². The second-order valence-corrected chi connectivity index (χ2v) is 6.79. The summed E-state index contributed by atoms with van der Waals surface area (Å²) < 4.78 is 6.61. The Hall–Kier alpha value is -0.550. The minimum absolute atomic E-state index is 0.643. The molecule has 1 unspecified atom stereocenters. The van der Waals surface area contributed by atoms with E-state index < -0.39 is 6.10 Å². The first-order chi connectivity index (χ1) is 9.08. The number of hydrogen-bond donors (Lipinski definition) is 1. The van der Waals surface area contributed by atoms with Crippen LogP contribution in [0.5, 0.6) is 5.75 Å². The first kappa shape index (κ1) is 13.4. The number of rotatable bonds is 2. The fraction of sp³-hybridized carbons (Fsp3) is 0.286. The fourth-order valence-electron chi connectivity index (χ4n) is 2.28. The van der Waals surface area contributed by atoms with Crippen molar-refractivity contribution in [2.24, 2.45) is 0 Å². The van der Waals surface area contributed by atoms with Crippen LogP contribution in [0.4, 0.5) is 0 Å². The van der Waals surface area contributed by atoms with Crippen LogP contribution in [0.25, 0.3) is 0 Å². The lowest BCUT2D eigenvalue weighted by Crippen LogP contribution is -2.01. The van der Waals surface area contributed by atoms with Crippen LogP contribution in [0, 0.1) is 6.92 Å². The molecule has 100 valence electrons. The summed E-state index contributed by atoms with van der Waals surface area (Å²) in [6, 6.07) is 3.94. The molecule has 2 aromatic rings. The van der Waals surface area contributed by atoms with Gasteiger partial charge in [0.15, 0.2) is 0 Å². The average molecular weight is 360 g/mol. The summed E-state index contributed by atoms with van der Waals surface area (Å²) >= 11 is 11.2. The van der Waals surface area contributed by atoms with Crippen molar-refractivity contribution in [1.82, 2.24) is 0 Å². The van der Waals surface area contributed by atoms with Crippen LogP contribution >= 0.6 is 38.9 Å². The number of halogens is 2. The van der Waals surface area contributed by atoms with Crippen molar-refractivity contribution >= 4 is 38.9 Å². The first-order valence-electron chi connectivity index (χ1n) is 5.94. The van der Waals surface area contributed by atoms with E-state index in [4.69, 9.17) is 16.3 Å². The second-order valence-electron chi connectivity index (χ2n) is 4.58. The molecule has 0 amide bonds. The van der Waals surface area contributed by atoms with Crippen LogP contribution < -0.4 is 4.74 Å². The number of aliphatic hydroxyl groups excluding tert-OH is 1. The molecule has 0 radical (unpaired) electrons. The fourth-order valence-corrected chi connectivity index (χ4v) is 4.10. The minimum Gasteiger partial charge on any atom is -0.493 e. The molecule has 2 heterocycles. The van der Waals surface area contributed by atoms with Crippen molar-refractivity contribution in [3.63, 3.8) is 0 Å². The van der Waals surface area contributed by atoms with Crippen LogP contribution in [0.2, 0.25) is 5.02 Å². The molecule has 0 saturated heterocycles. The Labute approximate surface area is 129 Å². The normalized spacial score (nSPS) is 15.2. The van der Waals surface area contributed by atoms with E-state index in [0.717, 1.165) is 38.2 Å². The molecule has 2 nitrogen and oxygen atoms in total. The molecular formula is C14H12BrClO2S. The SMILES string of the molecule is Cc1csc(C(O)c2cc(Br)cc3c2OCC3)c1Cl. The number of thiophene rings is 1. The van der Waals surface area contributed by atoms with Gasteiger partial charge in [0.1, 0.15) is 11.9 Å². The lowest BCUT2D eigenvalue weighted by atomic mass is 10.0. The summed E-state index contributed by atoms with van der Waals surface area (Å²) in [4.78, 5) is 0.773. The first-order valence-corrected chi connectivity index (χ1v) is 7.99. The van der Waals surface area contributed by atoms with E-state index in [2.05, 4.69) is 15.9 Å². The van der Waals surface area contributed by atoms with Gasteiger partial charge in [-0.2, -0.15) is 0 Å². The summed E-state index contributed by atoms with van der Waals surface area (Å²) in [5, 5.41) is 13.2. The lowest BCUT2D eigenvalue weighted by molar-refractivity contribution is 0.217. The molecule has 0 saturated carbocycles. The third-order valence-corrected chi connectivity index (χ3v) is 5.47. The van der Waals surface area contributed by atoms with Crippen molar-refractivity contribution in [2.75, 3.05) is 6.61 Å². The highest BCUT2D eigenvalue weighted by Gasteiger charge is 2.25. The number of ether oxygens (including phenoxy) is 1. The summed E-state index contributed by atoms with van der Waals surface area (Å²) in [5.74, 6) is 0.804. The van der Waals surface area contributed by atoms with Gasteiger partial charge in [0.25, 0.3) is 0 Å². The second kappa shape index (κ2) is 5.09. The van der Waals surface area contributed by atoms with Gasteiger partial charge in [0.05, 0.1) is 16.5 Å². The van der Waals surface area contributed by atoms with Crippen molar-refractivity contribution in [3.05, 3.63) is 48.6 Å². The number of fused-ring (bicyclic) bond motifs is 1. The van der Waals surface area contributed by atoms with E-state index >= 15 is 0 Å². The highest BCUT2D eigenvalue weighted by Crippen LogP contribution is 2.42.